The highest BCUT2D eigenvalue weighted by molar-refractivity contribution is 5.89. The number of hydrogen-bond acceptors (Lipinski definition) is 4. The zero-order valence-corrected chi connectivity index (χ0v) is 15.4. The van der Waals surface area contributed by atoms with Gasteiger partial charge in [0.05, 0.1) is 18.2 Å². The number of carbonyl (C=O) groups is 1. The van der Waals surface area contributed by atoms with Gasteiger partial charge in [-0.2, -0.15) is 0 Å². The van der Waals surface area contributed by atoms with Gasteiger partial charge in [-0.1, -0.05) is 36.4 Å². The van der Waals surface area contributed by atoms with Crippen molar-refractivity contribution in [2.45, 2.75) is 12.0 Å². The lowest BCUT2D eigenvalue weighted by Crippen LogP contribution is -2.37. The molecule has 0 unspecified atom stereocenters. The Morgan fingerprint density at radius 1 is 1.00 bits per heavy atom. The smallest absolute Gasteiger partial charge is 0.232 e. The molecule has 0 fully saturated rings. The molecule has 5 nitrogen and oxygen atoms in total. The summed E-state index contributed by atoms with van der Waals surface area (Å²) in [4.78, 5) is 15.2. The number of amides is 1. The van der Waals surface area contributed by atoms with Gasteiger partial charge in [0.25, 0.3) is 0 Å². The molecule has 0 aliphatic carbocycles. The summed E-state index contributed by atoms with van der Waals surface area (Å²) in [5.41, 5.74) is 1.77. The van der Waals surface area contributed by atoms with Gasteiger partial charge < -0.3 is 14.5 Å². The number of para-hydroxylation sites is 2. The number of likely N-dealkylation sites (N-methyl/N-ethyl adjacent to an activating group) is 1. The molecule has 3 aromatic rings. The summed E-state index contributed by atoms with van der Waals surface area (Å²) in [5, 5.41) is 3.11. The van der Waals surface area contributed by atoms with Crippen molar-refractivity contribution >= 4 is 5.91 Å². The van der Waals surface area contributed by atoms with Crippen LogP contribution in [-0.4, -0.2) is 31.4 Å². The number of rotatable bonds is 5. The number of fused-ring (bicyclic) bond motifs is 2. The van der Waals surface area contributed by atoms with Crippen molar-refractivity contribution < 1.29 is 13.9 Å². The number of ether oxygens (including phenoxy) is 1. The van der Waals surface area contributed by atoms with E-state index >= 15 is 0 Å². The van der Waals surface area contributed by atoms with Crippen LogP contribution in [0.15, 0.2) is 71.3 Å². The average molecular weight is 362 g/mol. The Hall–Kier alpha value is -3.05. The lowest BCUT2D eigenvalue weighted by Gasteiger charge is -2.28. The van der Waals surface area contributed by atoms with E-state index in [1.54, 1.807) is 6.26 Å². The monoisotopic (exact) mass is 362 g/mol. The van der Waals surface area contributed by atoms with Crippen LogP contribution in [0.25, 0.3) is 0 Å². The van der Waals surface area contributed by atoms with Gasteiger partial charge in [0.1, 0.15) is 17.3 Å². The topological polar surface area (TPSA) is 54.7 Å². The fourth-order valence-electron chi connectivity index (χ4n) is 3.51. The Labute approximate surface area is 158 Å². The maximum Gasteiger partial charge on any atom is 0.232 e. The lowest BCUT2D eigenvalue weighted by atomic mass is 9.87. The van der Waals surface area contributed by atoms with Gasteiger partial charge in [0.2, 0.25) is 5.91 Å². The van der Waals surface area contributed by atoms with E-state index in [0.29, 0.717) is 6.54 Å². The zero-order chi connectivity index (χ0) is 18.8. The van der Waals surface area contributed by atoms with E-state index < -0.39 is 5.92 Å². The van der Waals surface area contributed by atoms with Crippen LogP contribution >= 0.6 is 0 Å². The van der Waals surface area contributed by atoms with Crippen molar-refractivity contribution in [1.82, 2.24) is 10.2 Å². The maximum absolute atomic E-state index is 13.2. The molecule has 1 N–H and O–H groups in total. The molecule has 1 aliphatic heterocycles. The molecule has 0 radical (unpaired) electrons. The van der Waals surface area contributed by atoms with E-state index in [9.17, 15) is 4.79 Å². The second-order valence-electron chi connectivity index (χ2n) is 6.85. The quantitative estimate of drug-likeness (QED) is 0.747. The van der Waals surface area contributed by atoms with Crippen LogP contribution in [0.3, 0.4) is 0 Å². The highest BCUT2D eigenvalue weighted by Crippen LogP contribution is 2.43. The fraction of sp³-hybridized carbons (Fsp3) is 0.227. The van der Waals surface area contributed by atoms with Crippen LogP contribution < -0.4 is 10.1 Å². The summed E-state index contributed by atoms with van der Waals surface area (Å²) < 4.78 is 11.5. The summed E-state index contributed by atoms with van der Waals surface area (Å²) in [6.07, 6.45) is 1.65. The first kappa shape index (κ1) is 17.4. The van der Waals surface area contributed by atoms with E-state index in [4.69, 9.17) is 9.15 Å². The van der Waals surface area contributed by atoms with Crippen LogP contribution in [0.4, 0.5) is 0 Å². The molecular weight excluding hydrogens is 340 g/mol. The summed E-state index contributed by atoms with van der Waals surface area (Å²) in [7, 11) is 3.94. The number of benzene rings is 2. The predicted molar refractivity (Wildman–Crippen MR) is 103 cm³/mol. The molecule has 2 heterocycles. The Bertz CT molecular complexity index is 889. The second-order valence-corrected chi connectivity index (χ2v) is 6.85. The third kappa shape index (κ3) is 3.34. The molecule has 27 heavy (non-hydrogen) atoms. The first-order chi connectivity index (χ1) is 13.1. The van der Waals surface area contributed by atoms with Crippen molar-refractivity contribution in [3.63, 3.8) is 0 Å². The Morgan fingerprint density at radius 2 is 1.63 bits per heavy atom. The molecule has 2 aromatic carbocycles. The fourth-order valence-corrected chi connectivity index (χ4v) is 3.51. The standard InChI is InChI=1S/C22H22N2O3/c1-24(2)17(20-12-7-13-26-20)14-23-22(25)21-15-8-3-5-10-18(15)27-19-11-6-4-9-16(19)21/h3-13,17,21H,14H2,1-2H3,(H,23,25)/t17-/m0/s1. The van der Waals surface area contributed by atoms with Crippen molar-refractivity contribution in [2.75, 3.05) is 20.6 Å². The van der Waals surface area contributed by atoms with E-state index in [2.05, 4.69) is 5.32 Å². The molecule has 0 saturated heterocycles. The van der Waals surface area contributed by atoms with Gasteiger partial charge >= 0.3 is 0 Å². The van der Waals surface area contributed by atoms with Crippen LogP contribution in [-0.2, 0) is 4.79 Å². The number of carbonyl (C=O) groups excluding carboxylic acids is 1. The molecule has 1 atom stereocenters. The van der Waals surface area contributed by atoms with Gasteiger partial charge in [-0.05, 0) is 38.4 Å². The van der Waals surface area contributed by atoms with Crippen LogP contribution in [0.1, 0.15) is 28.8 Å². The third-order valence-corrected chi connectivity index (χ3v) is 4.91. The minimum atomic E-state index is -0.398. The molecule has 5 heteroatoms. The largest absolute Gasteiger partial charge is 0.468 e. The molecule has 0 spiro atoms. The van der Waals surface area contributed by atoms with Crippen LogP contribution in [0.2, 0.25) is 0 Å². The average Bonchev–Trinajstić information content (AvgIpc) is 3.20. The lowest BCUT2D eigenvalue weighted by molar-refractivity contribution is -0.122. The third-order valence-electron chi connectivity index (χ3n) is 4.91. The highest BCUT2D eigenvalue weighted by Gasteiger charge is 2.32. The number of nitrogens with zero attached hydrogens (tertiary/aromatic N) is 1. The minimum Gasteiger partial charge on any atom is -0.468 e. The van der Waals surface area contributed by atoms with Gasteiger partial charge in [-0.15, -0.1) is 0 Å². The van der Waals surface area contributed by atoms with E-state index in [1.165, 1.54) is 0 Å². The van der Waals surface area contributed by atoms with Crippen molar-refractivity contribution in [2.24, 2.45) is 0 Å². The Kier molecular flexibility index (Phi) is 4.69. The Balaban J connectivity index is 1.60. The Morgan fingerprint density at radius 3 is 2.19 bits per heavy atom. The summed E-state index contributed by atoms with van der Waals surface area (Å²) >= 11 is 0. The second kappa shape index (κ2) is 7.29. The van der Waals surface area contributed by atoms with Crippen molar-refractivity contribution in [3.05, 3.63) is 83.8 Å². The molecule has 1 aliphatic rings. The molecule has 1 amide bonds. The van der Waals surface area contributed by atoms with Gasteiger partial charge in [-0.25, -0.2) is 0 Å². The summed E-state index contributed by atoms with van der Waals surface area (Å²) in [6.45, 7) is 0.459. The highest BCUT2D eigenvalue weighted by atomic mass is 16.5. The van der Waals surface area contributed by atoms with Crippen LogP contribution in [0, 0.1) is 0 Å². The normalized spacial score (nSPS) is 14.2. The van der Waals surface area contributed by atoms with Gasteiger partial charge in [-0.3, -0.25) is 9.69 Å². The van der Waals surface area contributed by atoms with E-state index in [0.717, 1.165) is 28.4 Å². The van der Waals surface area contributed by atoms with Crippen molar-refractivity contribution in [3.8, 4) is 11.5 Å². The molecule has 138 valence electrons. The molecule has 1 aromatic heterocycles. The zero-order valence-electron chi connectivity index (χ0n) is 15.4. The number of furan rings is 1. The summed E-state index contributed by atoms with van der Waals surface area (Å²) in [5.74, 6) is 1.84. The first-order valence-electron chi connectivity index (χ1n) is 8.98. The summed E-state index contributed by atoms with van der Waals surface area (Å²) in [6, 6.07) is 19.2. The minimum absolute atomic E-state index is 0.0331. The number of hydrogen-bond donors (Lipinski definition) is 1. The SMILES string of the molecule is CN(C)[C@@H](CNC(=O)C1c2ccccc2Oc2ccccc21)c1ccco1. The molecule has 0 saturated carbocycles. The first-order valence-corrected chi connectivity index (χ1v) is 8.98. The van der Waals surface area contributed by atoms with Gasteiger partial charge in [0, 0.05) is 17.7 Å². The van der Waals surface area contributed by atoms with Gasteiger partial charge in [0.15, 0.2) is 0 Å². The van der Waals surface area contributed by atoms with Crippen LogP contribution in [0.5, 0.6) is 11.5 Å². The maximum atomic E-state index is 13.2. The van der Waals surface area contributed by atoms with E-state index in [1.807, 2.05) is 79.7 Å². The number of nitrogens with one attached hydrogen (secondary N) is 1. The molecule has 0 bridgehead atoms. The molecular formula is C22H22N2O3. The van der Waals surface area contributed by atoms with E-state index in [-0.39, 0.29) is 11.9 Å². The molecule has 4 rings (SSSR count). The predicted octanol–water partition coefficient (Wildman–Crippen LogP) is 3.94. The van der Waals surface area contributed by atoms with Crippen molar-refractivity contribution in [1.29, 1.82) is 0 Å².